The van der Waals surface area contributed by atoms with Crippen LogP contribution in [0.2, 0.25) is 0 Å². The number of aryl methyl sites for hydroxylation is 1. The molecular weight excluding hydrogens is 560 g/mol. The number of ether oxygens (including phenoxy) is 1. The molecular formula is C32H40N8O2S. The molecule has 8 rings (SSSR count). The van der Waals surface area contributed by atoms with E-state index in [0.29, 0.717) is 28.4 Å². The normalized spacial score (nSPS) is 26.7. The Morgan fingerprint density at radius 3 is 2.79 bits per heavy atom. The highest BCUT2D eigenvalue weighted by Crippen LogP contribution is 2.55. The monoisotopic (exact) mass is 600 g/mol. The van der Waals surface area contributed by atoms with Crippen molar-refractivity contribution in [2.45, 2.75) is 94.2 Å². The molecule has 3 aromatic heterocycles. The molecule has 3 atom stereocenters. The van der Waals surface area contributed by atoms with Crippen LogP contribution in [0.4, 0.5) is 10.8 Å². The molecule has 5 aliphatic rings. The summed E-state index contributed by atoms with van der Waals surface area (Å²) in [6, 6.07) is 5.24. The van der Waals surface area contributed by atoms with Crippen LogP contribution in [0.3, 0.4) is 0 Å². The van der Waals surface area contributed by atoms with Crippen LogP contribution < -0.4 is 20.7 Å². The summed E-state index contributed by atoms with van der Waals surface area (Å²) in [4.78, 5) is 15.9. The Morgan fingerprint density at radius 2 is 2.02 bits per heavy atom. The number of likely N-dealkylation sites (N-methyl/N-ethyl adjacent to an activating group) is 1. The Balaban J connectivity index is 1.21. The van der Waals surface area contributed by atoms with E-state index >= 15 is 0 Å². The lowest BCUT2D eigenvalue weighted by atomic mass is 9.62. The van der Waals surface area contributed by atoms with Crippen LogP contribution in [0, 0.1) is 11.3 Å². The van der Waals surface area contributed by atoms with Gasteiger partial charge in [-0.25, -0.2) is 0 Å². The minimum absolute atomic E-state index is 0.0329. The van der Waals surface area contributed by atoms with Crippen LogP contribution in [0.1, 0.15) is 85.6 Å². The van der Waals surface area contributed by atoms with Gasteiger partial charge in [0.05, 0.1) is 11.3 Å². The average molecular weight is 601 g/mol. The molecule has 0 amide bonds. The van der Waals surface area contributed by atoms with Crippen LogP contribution >= 0.6 is 11.3 Å². The van der Waals surface area contributed by atoms with Crippen LogP contribution in [0.15, 0.2) is 10.6 Å². The molecule has 3 fully saturated rings. The number of rotatable bonds is 5. The van der Waals surface area contributed by atoms with Gasteiger partial charge in [-0.1, -0.05) is 5.16 Å². The van der Waals surface area contributed by atoms with Gasteiger partial charge in [0, 0.05) is 53.1 Å². The third kappa shape index (κ3) is 4.44. The second kappa shape index (κ2) is 10.2. The van der Waals surface area contributed by atoms with Crippen molar-refractivity contribution in [1.82, 2.24) is 25.3 Å². The van der Waals surface area contributed by atoms with E-state index in [1.54, 1.807) is 11.3 Å². The van der Waals surface area contributed by atoms with Gasteiger partial charge in [0.25, 0.3) is 0 Å². The van der Waals surface area contributed by atoms with E-state index < -0.39 is 0 Å². The highest BCUT2D eigenvalue weighted by Gasteiger charge is 2.49. The number of nitrogen functional groups attached to an aromatic ring is 1. The molecule has 1 saturated carbocycles. The number of hydrogen-bond donors (Lipinski definition) is 2. The van der Waals surface area contributed by atoms with Crippen molar-refractivity contribution < 1.29 is 9.26 Å². The molecule has 0 radical (unpaired) electrons. The molecule has 43 heavy (non-hydrogen) atoms. The number of nitrogens with zero attached hydrogens (tertiary/aromatic N) is 6. The number of piperazine rings is 1. The SMILES string of the molecule is C[C@H](Oc1nc(-c2onc3c2CCC[C@@]32CCCc3sc(N)c(C#N)c32)cc(N2CCNC3(CC3)C2)n1)[C@@H]1CCCN1C. The standard InChI is InChI=1S/C32H40N8O2S/c1-19(23-7-5-14-39(23)2)41-30-36-22(16-25(37-30)40-15-13-35-31(18-40)11-12-31)27-20-6-3-9-32(28(20)38-42-27)10-4-8-24-26(32)21(17-33)29(34)43-24/h16,19,23,35H,3-15,18,34H2,1-2H3/t19-,23-,32-/m0/s1. The Morgan fingerprint density at radius 1 is 1.19 bits per heavy atom. The van der Waals surface area contributed by atoms with Crippen molar-refractivity contribution in [1.29, 1.82) is 5.26 Å². The van der Waals surface area contributed by atoms with E-state index in [4.69, 9.17) is 30.1 Å². The Kier molecular flexibility index (Phi) is 6.48. The Hall–Kier alpha value is -3.20. The first kappa shape index (κ1) is 27.4. The molecule has 0 bridgehead atoms. The summed E-state index contributed by atoms with van der Waals surface area (Å²) in [5.41, 5.74) is 10.8. The van der Waals surface area contributed by atoms with Gasteiger partial charge in [0.1, 0.15) is 28.7 Å². The minimum atomic E-state index is -0.338. The number of nitrogens with one attached hydrogen (secondary N) is 1. The van der Waals surface area contributed by atoms with E-state index in [1.165, 1.54) is 24.1 Å². The van der Waals surface area contributed by atoms with Crippen molar-refractivity contribution in [3.63, 3.8) is 0 Å². The average Bonchev–Trinajstić information content (AvgIpc) is 3.32. The molecule has 0 unspecified atom stereocenters. The summed E-state index contributed by atoms with van der Waals surface area (Å²) >= 11 is 1.57. The maximum Gasteiger partial charge on any atom is 0.319 e. The van der Waals surface area contributed by atoms with Gasteiger partial charge in [0.15, 0.2) is 5.76 Å². The molecule has 10 nitrogen and oxygen atoms in total. The van der Waals surface area contributed by atoms with Crippen molar-refractivity contribution in [2.75, 3.05) is 43.9 Å². The van der Waals surface area contributed by atoms with Crippen molar-refractivity contribution in [2.24, 2.45) is 0 Å². The topological polar surface area (TPSA) is 129 Å². The Bertz CT molecular complexity index is 1600. The fourth-order valence-corrected chi connectivity index (χ4v) is 9.57. The largest absolute Gasteiger partial charge is 0.459 e. The van der Waals surface area contributed by atoms with Crippen molar-refractivity contribution in [3.05, 3.63) is 33.3 Å². The lowest BCUT2D eigenvalue weighted by Gasteiger charge is -2.39. The zero-order valence-corrected chi connectivity index (χ0v) is 25.9. The lowest BCUT2D eigenvalue weighted by molar-refractivity contribution is 0.112. The summed E-state index contributed by atoms with van der Waals surface area (Å²) in [6.45, 7) is 5.97. The number of aromatic nitrogens is 3. The molecule has 2 saturated heterocycles. The number of nitriles is 1. The molecule has 2 spiro atoms. The van der Waals surface area contributed by atoms with Crippen molar-refractivity contribution in [3.8, 4) is 23.5 Å². The number of thiophene rings is 1. The number of nitrogens with two attached hydrogens (primary N) is 1. The van der Waals surface area contributed by atoms with Gasteiger partial charge < -0.3 is 25.2 Å². The summed E-state index contributed by atoms with van der Waals surface area (Å²) in [5.74, 6) is 1.59. The summed E-state index contributed by atoms with van der Waals surface area (Å²) in [5, 5.41) is 19.2. The predicted molar refractivity (Wildman–Crippen MR) is 166 cm³/mol. The van der Waals surface area contributed by atoms with Gasteiger partial charge in [-0.05, 0) is 90.3 Å². The van der Waals surface area contributed by atoms with Gasteiger partial charge >= 0.3 is 6.01 Å². The highest BCUT2D eigenvalue weighted by atomic mass is 32.1. The maximum absolute atomic E-state index is 10.1. The fraction of sp³-hybridized carbons (Fsp3) is 0.625. The quantitative estimate of drug-likeness (QED) is 0.434. The number of fused-ring (bicyclic) bond motifs is 4. The summed E-state index contributed by atoms with van der Waals surface area (Å²) < 4.78 is 12.8. The van der Waals surface area contributed by atoms with Crippen LogP contribution in [-0.4, -0.2) is 70.9 Å². The molecule has 3 aromatic rings. The first-order chi connectivity index (χ1) is 20.9. The molecule has 3 N–H and O–H groups in total. The third-order valence-electron chi connectivity index (χ3n) is 10.8. The molecule has 3 aliphatic carbocycles. The minimum Gasteiger partial charge on any atom is -0.459 e. The number of likely N-dealkylation sites (tertiary alicyclic amines) is 1. The first-order valence-corrected chi connectivity index (χ1v) is 16.8. The van der Waals surface area contributed by atoms with Gasteiger partial charge in [-0.15, -0.1) is 11.3 Å². The second-order valence-corrected chi connectivity index (χ2v) is 14.6. The van der Waals surface area contributed by atoms with E-state index in [2.05, 4.69) is 41.2 Å². The molecule has 226 valence electrons. The molecule has 0 aromatic carbocycles. The number of anilines is 2. The van der Waals surface area contributed by atoms with Gasteiger partial charge in [-0.2, -0.15) is 15.2 Å². The second-order valence-electron chi connectivity index (χ2n) is 13.4. The molecule has 2 aliphatic heterocycles. The lowest BCUT2D eigenvalue weighted by Crippen LogP contribution is -2.52. The van der Waals surface area contributed by atoms with E-state index in [-0.39, 0.29) is 17.1 Å². The van der Waals surface area contributed by atoms with E-state index in [0.717, 1.165) is 99.5 Å². The van der Waals surface area contributed by atoms with Crippen LogP contribution in [0.25, 0.3) is 11.5 Å². The summed E-state index contributed by atoms with van der Waals surface area (Å²) in [7, 11) is 2.17. The number of hydrogen-bond acceptors (Lipinski definition) is 11. The molecule has 11 heteroatoms. The van der Waals surface area contributed by atoms with Gasteiger partial charge in [0.2, 0.25) is 0 Å². The first-order valence-electron chi connectivity index (χ1n) is 16.0. The molecule has 5 heterocycles. The van der Waals surface area contributed by atoms with E-state index in [9.17, 15) is 5.26 Å². The summed E-state index contributed by atoms with van der Waals surface area (Å²) in [6.07, 6.45) is 10.4. The van der Waals surface area contributed by atoms with Gasteiger partial charge in [-0.3, -0.25) is 4.90 Å². The smallest absolute Gasteiger partial charge is 0.319 e. The highest BCUT2D eigenvalue weighted by molar-refractivity contribution is 7.16. The maximum atomic E-state index is 10.1. The van der Waals surface area contributed by atoms with Crippen LogP contribution in [0.5, 0.6) is 6.01 Å². The Labute approximate surface area is 256 Å². The fourth-order valence-electron chi connectivity index (χ4n) is 8.41. The van der Waals surface area contributed by atoms with E-state index in [1.807, 2.05) is 0 Å². The third-order valence-corrected chi connectivity index (χ3v) is 11.8. The van der Waals surface area contributed by atoms with Crippen LogP contribution in [-0.2, 0) is 18.3 Å². The zero-order chi connectivity index (χ0) is 29.3. The predicted octanol–water partition coefficient (Wildman–Crippen LogP) is 4.41. The zero-order valence-electron chi connectivity index (χ0n) is 25.1. The van der Waals surface area contributed by atoms with Crippen molar-refractivity contribution >= 4 is 22.2 Å².